The zero-order chi connectivity index (χ0) is 16.4. The molecule has 1 aliphatic heterocycles. The number of carbonyl (C=O) groups excluding carboxylic acids is 1. The standard InChI is InChI=1S/C16H22N4O3.2ClH/c1-19(2)7-8-20-13-9-12(3-4-14(13)23-16(20)22)18-15(21)11-5-6-17-10-11;;/h3-4,9,11,17H,5-8,10H2,1-2H3,(H,18,21);2*1H. The van der Waals surface area contributed by atoms with Crippen LogP contribution in [0.25, 0.3) is 11.1 Å². The van der Waals surface area contributed by atoms with Gasteiger partial charge in [0.2, 0.25) is 5.91 Å². The van der Waals surface area contributed by atoms with Crippen LogP contribution in [0.2, 0.25) is 0 Å². The zero-order valence-corrected chi connectivity index (χ0v) is 15.9. The maximum atomic E-state index is 12.2. The van der Waals surface area contributed by atoms with Gasteiger partial charge in [0.25, 0.3) is 0 Å². The van der Waals surface area contributed by atoms with Crippen molar-refractivity contribution >= 4 is 47.5 Å². The lowest BCUT2D eigenvalue weighted by atomic mass is 10.1. The van der Waals surface area contributed by atoms with Crippen LogP contribution in [-0.2, 0) is 11.3 Å². The van der Waals surface area contributed by atoms with Gasteiger partial charge in [0, 0.05) is 25.3 Å². The third-order valence-corrected chi connectivity index (χ3v) is 4.14. The summed E-state index contributed by atoms with van der Waals surface area (Å²) >= 11 is 0. The topological polar surface area (TPSA) is 79.5 Å². The molecular formula is C16H24Cl2N4O3. The van der Waals surface area contributed by atoms with E-state index in [0.717, 1.165) is 19.5 Å². The number of nitrogens with zero attached hydrogens (tertiary/aromatic N) is 2. The fraction of sp³-hybridized carbons (Fsp3) is 0.500. The van der Waals surface area contributed by atoms with Gasteiger partial charge in [-0.05, 0) is 45.3 Å². The molecular weight excluding hydrogens is 367 g/mol. The second-order valence-electron chi connectivity index (χ2n) is 6.18. The second-order valence-corrected chi connectivity index (χ2v) is 6.18. The number of hydrogen-bond acceptors (Lipinski definition) is 5. The minimum atomic E-state index is -0.370. The van der Waals surface area contributed by atoms with Crippen LogP contribution in [0.5, 0.6) is 0 Å². The Labute approximate surface area is 158 Å². The molecule has 2 N–H and O–H groups in total. The Bertz CT molecular complexity index is 766. The van der Waals surface area contributed by atoms with E-state index in [0.29, 0.717) is 29.9 Å². The molecule has 1 aromatic heterocycles. The molecule has 140 valence electrons. The van der Waals surface area contributed by atoms with Crippen LogP contribution >= 0.6 is 24.8 Å². The molecule has 25 heavy (non-hydrogen) atoms. The van der Waals surface area contributed by atoms with Crippen LogP contribution in [0.15, 0.2) is 27.4 Å². The highest BCUT2D eigenvalue weighted by Gasteiger charge is 2.22. The molecule has 0 spiro atoms. The van der Waals surface area contributed by atoms with Gasteiger partial charge in [0.1, 0.15) is 0 Å². The van der Waals surface area contributed by atoms with E-state index in [9.17, 15) is 9.59 Å². The average molecular weight is 391 g/mol. The summed E-state index contributed by atoms with van der Waals surface area (Å²) in [4.78, 5) is 26.2. The first-order valence-electron chi connectivity index (χ1n) is 7.84. The van der Waals surface area contributed by atoms with Gasteiger partial charge in [-0.3, -0.25) is 9.36 Å². The molecule has 1 atom stereocenters. The Hall–Kier alpha value is -1.54. The number of benzene rings is 1. The highest BCUT2D eigenvalue weighted by Crippen LogP contribution is 2.20. The maximum Gasteiger partial charge on any atom is 0.419 e. The molecule has 1 aromatic carbocycles. The SMILES string of the molecule is CN(C)CCn1c(=O)oc2ccc(NC(=O)C3CCNC3)cc21.Cl.Cl. The molecule has 9 heteroatoms. The molecule has 7 nitrogen and oxygen atoms in total. The van der Waals surface area contributed by atoms with Gasteiger partial charge in [-0.1, -0.05) is 0 Å². The summed E-state index contributed by atoms with van der Waals surface area (Å²) in [5.41, 5.74) is 1.93. The van der Waals surface area contributed by atoms with E-state index in [1.54, 1.807) is 22.8 Å². The normalized spacial score (nSPS) is 16.5. The molecule has 0 saturated carbocycles. The van der Waals surface area contributed by atoms with Gasteiger partial charge >= 0.3 is 5.76 Å². The van der Waals surface area contributed by atoms with Crippen LogP contribution in [0.1, 0.15) is 6.42 Å². The monoisotopic (exact) mass is 390 g/mol. The minimum absolute atomic E-state index is 0. The molecule has 1 aliphatic rings. The summed E-state index contributed by atoms with van der Waals surface area (Å²) in [5, 5.41) is 6.11. The van der Waals surface area contributed by atoms with Crippen molar-refractivity contribution in [3.63, 3.8) is 0 Å². The Kier molecular flexibility index (Phi) is 7.95. The van der Waals surface area contributed by atoms with Crippen molar-refractivity contribution in [2.45, 2.75) is 13.0 Å². The van der Waals surface area contributed by atoms with Crippen LogP contribution in [0, 0.1) is 5.92 Å². The summed E-state index contributed by atoms with van der Waals surface area (Å²) in [6.07, 6.45) is 0.854. The van der Waals surface area contributed by atoms with Crippen LogP contribution in [0.4, 0.5) is 5.69 Å². The minimum Gasteiger partial charge on any atom is -0.408 e. The molecule has 1 amide bonds. The van der Waals surface area contributed by atoms with Crippen molar-refractivity contribution in [3.8, 4) is 0 Å². The maximum absolute atomic E-state index is 12.2. The summed E-state index contributed by atoms with van der Waals surface area (Å²) in [6, 6.07) is 5.30. The van der Waals surface area contributed by atoms with Gasteiger partial charge in [-0.25, -0.2) is 4.79 Å². The van der Waals surface area contributed by atoms with E-state index >= 15 is 0 Å². The quantitative estimate of drug-likeness (QED) is 0.809. The number of fused-ring (bicyclic) bond motifs is 1. The van der Waals surface area contributed by atoms with E-state index in [1.807, 2.05) is 19.0 Å². The lowest BCUT2D eigenvalue weighted by Crippen LogP contribution is -2.25. The van der Waals surface area contributed by atoms with Gasteiger partial charge in [-0.2, -0.15) is 0 Å². The largest absolute Gasteiger partial charge is 0.419 e. The van der Waals surface area contributed by atoms with Gasteiger partial charge in [-0.15, -0.1) is 24.8 Å². The number of carbonyl (C=O) groups is 1. The third kappa shape index (κ3) is 4.98. The highest BCUT2D eigenvalue weighted by molar-refractivity contribution is 5.94. The van der Waals surface area contributed by atoms with Crippen LogP contribution < -0.4 is 16.4 Å². The number of oxazole rings is 1. The van der Waals surface area contributed by atoms with Crippen molar-refractivity contribution in [3.05, 3.63) is 28.7 Å². The molecule has 2 aromatic rings. The molecule has 1 unspecified atom stereocenters. The Morgan fingerprint density at radius 1 is 1.40 bits per heavy atom. The molecule has 0 bridgehead atoms. The lowest BCUT2D eigenvalue weighted by molar-refractivity contribution is -0.119. The molecule has 1 fully saturated rings. The summed E-state index contributed by atoms with van der Waals surface area (Å²) in [5.74, 6) is -0.351. The fourth-order valence-corrected chi connectivity index (χ4v) is 2.77. The zero-order valence-electron chi connectivity index (χ0n) is 14.3. The Morgan fingerprint density at radius 2 is 2.16 bits per heavy atom. The summed E-state index contributed by atoms with van der Waals surface area (Å²) in [6.45, 7) is 2.87. The second kappa shape index (κ2) is 9.24. The first-order chi connectivity index (χ1) is 11.0. The number of nitrogens with one attached hydrogen (secondary N) is 2. The van der Waals surface area contributed by atoms with E-state index < -0.39 is 0 Å². The molecule has 0 radical (unpaired) electrons. The highest BCUT2D eigenvalue weighted by atomic mass is 35.5. The average Bonchev–Trinajstić information content (AvgIpc) is 3.12. The van der Waals surface area contributed by atoms with Crippen molar-refractivity contribution in [2.24, 2.45) is 5.92 Å². The van der Waals surface area contributed by atoms with Crippen LogP contribution in [-0.4, -0.2) is 49.1 Å². The number of likely N-dealkylation sites (N-methyl/N-ethyl adjacent to an activating group) is 1. The fourth-order valence-electron chi connectivity index (χ4n) is 2.77. The number of amides is 1. The summed E-state index contributed by atoms with van der Waals surface area (Å²) in [7, 11) is 3.91. The third-order valence-electron chi connectivity index (χ3n) is 4.14. The molecule has 3 rings (SSSR count). The van der Waals surface area contributed by atoms with E-state index in [4.69, 9.17) is 4.42 Å². The molecule has 2 heterocycles. The van der Waals surface area contributed by atoms with E-state index in [-0.39, 0.29) is 42.4 Å². The van der Waals surface area contributed by atoms with Gasteiger partial charge in [0.15, 0.2) is 5.58 Å². The van der Waals surface area contributed by atoms with Gasteiger partial charge < -0.3 is 20.0 Å². The van der Waals surface area contributed by atoms with Crippen molar-refractivity contribution < 1.29 is 9.21 Å². The number of aromatic nitrogens is 1. The van der Waals surface area contributed by atoms with Crippen LogP contribution in [0.3, 0.4) is 0 Å². The molecule has 1 saturated heterocycles. The van der Waals surface area contributed by atoms with Gasteiger partial charge in [0.05, 0.1) is 11.4 Å². The van der Waals surface area contributed by atoms with E-state index in [1.165, 1.54) is 0 Å². The summed E-state index contributed by atoms with van der Waals surface area (Å²) < 4.78 is 6.86. The number of rotatable bonds is 5. The molecule has 0 aliphatic carbocycles. The Morgan fingerprint density at radius 3 is 2.80 bits per heavy atom. The Balaban J connectivity index is 0.00000156. The lowest BCUT2D eigenvalue weighted by Gasteiger charge is -2.11. The number of halogens is 2. The first kappa shape index (κ1) is 21.5. The smallest absolute Gasteiger partial charge is 0.408 e. The van der Waals surface area contributed by atoms with Crippen molar-refractivity contribution in [2.75, 3.05) is 39.0 Å². The van der Waals surface area contributed by atoms with Crippen molar-refractivity contribution in [1.29, 1.82) is 0 Å². The van der Waals surface area contributed by atoms with E-state index in [2.05, 4.69) is 10.6 Å². The van der Waals surface area contributed by atoms with Crippen molar-refractivity contribution in [1.82, 2.24) is 14.8 Å². The number of anilines is 1. The predicted octanol–water partition coefficient (Wildman–Crippen LogP) is 1.55. The predicted molar refractivity (Wildman–Crippen MR) is 103 cm³/mol. The first-order valence-corrected chi connectivity index (χ1v) is 7.84. The number of hydrogen-bond donors (Lipinski definition) is 2.